The molecular weight excluding hydrogens is 351 g/mol. The summed E-state index contributed by atoms with van der Waals surface area (Å²) in [6, 6.07) is 5.42. The Labute approximate surface area is 157 Å². The van der Waals surface area contributed by atoms with Gasteiger partial charge in [0, 0.05) is 13.1 Å². The minimum absolute atomic E-state index is 0.0882. The number of carbonyl (C=O) groups excluding carboxylic acids is 1. The molecule has 1 N–H and O–H groups in total. The van der Waals surface area contributed by atoms with E-state index >= 15 is 0 Å². The molecule has 2 amide bonds. The monoisotopic (exact) mass is 376 g/mol. The highest BCUT2D eigenvalue weighted by Gasteiger charge is 2.31. The van der Waals surface area contributed by atoms with Gasteiger partial charge in [0.1, 0.15) is 11.6 Å². The molecule has 7 nitrogen and oxygen atoms in total. The molecule has 1 atom stereocenters. The van der Waals surface area contributed by atoms with Gasteiger partial charge >= 0.3 is 6.03 Å². The number of nitrogens with one attached hydrogen (secondary N) is 1. The lowest BCUT2D eigenvalue weighted by atomic mass is 10.0. The topological polar surface area (TPSA) is 80.5 Å². The molecule has 0 saturated carbocycles. The largest absolute Gasteiger partial charge is 0.484 e. The summed E-state index contributed by atoms with van der Waals surface area (Å²) in [4.78, 5) is 18.7. The van der Waals surface area contributed by atoms with Crippen molar-refractivity contribution in [2.75, 3.05) is 13.1 Å². The molecule has 0 bridgehead atoms. The first-order valence-electron chi connectivity index (χ1n) is 9.28. The molecule has 8 heteroatoms. The first kappa shape index (κ1) is 19.1. The van der Waals surface area contributed by atoms with E-state index in [1.54, 1.807) is 4.90 Å². The van der Waals surface area contributed by atoms with Crippen LogP contribution < -0.4 is 10.1 Å². The SMILES string of the molecule is CC(C)CNC(=O)N1CCCC[C@H]1c1noc(COc2ccc(F)cc2)n1. The van der Waals surface area contributed by atoms with Crippen molar-refractivity contribution in [2.24, 2.45) is 5.92 Å². The number of halogens is 1. The van der Waals surface area contributed by atoms with Gasteiger partial charge in [0.15, 0.2) is 12.4 Å². The maximum absolute atomic E-state index is 12.9. The van der Waals surface area contributed by atoms with E-state index in [4.69, 9.17) is 9.26 Å². The van der Waals surface area contributed by atoms with Gasteiger partial charge in [-0.15, -0.1) is 0 Å². The number of piperidine rings is 1. The lowest BCUT2D eigenvalue weighted by molar-refractivity contribution is 0.145. The predicted octanol–water partition coefficient (Wildman–Crippen LogP) is 3.68. The van der Waals surface area contributed by atoms with Gasteiger partial charge in [-0.2, -0.15) is 4.98 Å². The van der Waals surface area contributed by atoms with Crippen molar-refractivity contribution in [3.8, 4) is 5.75 Å². The zero-order chi connectivity index (χ0) is 19.2. The summed E-state index contributed by atoms with van der Waals surface area (Å²) in [6.45, 7) is 5.50. The van der Waals surface area contributed by atoms with Gasteiger partial charge < -0.3 is 19.5 Å². The van der Waals surface area contributed by atoms with Crippen LogP contribution in [0, 0.1) is 11.7 Å². The average molecular weight is 376 g/mol. The molecule has 0 spiro atoms. The van der Waals surface area contributed by atoms with Crippen LogP contribution in [0.3, 0.4) is 0 Å². The van der Waals surface area contributed by atoms with Crippen molar-refractivity contribution < 1.29 is 18.4 Å². The van der Waals surface area contributed by atoms with Crippen molar-refractivity contribution in [1.82, 2.24) is 20.4 Å². The van der Waals surface area contributed by atoms with E-state index in [9.17, 15) is 9.18 Å². The Morgan fingerprint density at radius 1 is 1.37 bits per heavy atom. The van der Waals surface area contributed by atoms with Crippen LogP contribution in [0.2, 0.25) is 0 Å². The summed E-state index contributed by atoms with van der Waals surface area (Å²) in [5.74, 6) is 1.39. The molecule has 1 aliphatic rings. The molecule has 1 aromatic carbocycles. The van der Waals surface area contributed by atoms with Crippen molar-refractivity contribution in [3.05, 3.63) is 41.8 Å². The van der Waals surface area contributed by atoms with E-state index in [2.05, 4.69) is 29.3 Å². The van der Waals surface area contributed by atoms with E-state index in [0.717, 1.165) is 19.3 Å². The standard InChI is InChI=1S/C19H25FN4O3/c1-13(2)11-21-19(25)24-10-4-3-5-16(24)18-22-17(27-23-18)12-26-15-8-6-14(20)7-9-15/h6-9,13,16H,3-5,10-12H2,1-2H3,(H,21,25)/t16-/m0/s1. The van der Waals surface area contributed by atoms with Crippen LogP contribution in [0.4, 0.5) is 9.18 Å². The molecule has 1 fully saturated rings. The third-order valence-electron chi connectivity index (χ3n) is 4.38. The number of carbonyl (C=O) groups is 1. The van der Waals surface area contributed by atoms with Crippen LogP contribution >= 0.6 is 0 Å². The highest BCUT2D eigenvalue weighted by Crippen LogP contribution is 2.29. The fourth-order valence-corrected chi connectivity index (χ4v) is 2.97. The first-order chi connectivity index (χ1) is 13.0. The number of benzene rings is 1. The quantitative estimate of drug-likeness (QED) is 0.832. The summed E-state index contributed by atoms with van der Waals surface area (Å²) >= 11 is 0. The van der Waals surface area contributed by atoms with E-state index < -0.39 is 0 Å². The van der Waals surface area contributed by atoms with Crippen molar-refractivity contribution >= 4 is 6.03 Å². The van der Waals surface area contributed by atoms with Gasteiger partial charge in [-0.25, -0.2) is 9.18 Å². The van der Waals surface area contributed by atoms with Gasteiger partial charge in [0.05, 0.1) is 6.04 Å². The highest BCUT2D eigenvalue weighted by atomic mass is 19.1. The van der Waals surface area contributed by atoms with Gasteiger partial charge in [-0.3, -0.25) is 0 Å². The lowest BCUT2D eigenvalue weighted by Crippen LogP contribution is -2.45. The Balaban J connectivity index is 1.62. The number of amides is 2. The summed E-state index contributed by atoms with van der Waals surface area (Å²) in [6.07, 6.45) is 2.77. The van der Waals surface area contributed by atoms with E-state index in [0.29, 0.717) is 36.5 Å². The number of likely N-dealkylation sites (tertiary alicyclic amines) is 1. The zero-order valence-electron chi connectivity index (χ0n) is 15.7. The number of urea groups is 1. The van der Waals surface area contributed by atoms with Crippen molar-refractivity contribution in [1.29, 1.82) is 0 Å². The molecule has 2 heterocycles. The van der Waals surface area contributed by atoms with Gasteiger partial charge in [-0.1, -0.05) is 19.0 Å². The van der Waals surface area contributed by atoms with Gasteiger partial charge in [0.2, 0.25) is 0 Å². The molecule has 0 unspecified atom stereocenters. The molecule has 0 aliphatic carbocycles. The molecule has 1 aromatic heterocycles. The molecular formula is C19H25FN4O3. The predicted molar refractivity (Wildman–Crippen MR) is 96.6 cm³/mol. The van der Waals surface area contributed by atoms with Crippen LogP contribution in [0.1, 0.15) is 50.9 Å². The molecule has 1 aliphatic heterocycles. The smallest absolute Gasteiger partial charge is 0.318 e. The minimum atomic E-state index is -0.324. The van der Waals surface area contributed by atoms with Crippen molar-refractivity contribution in [2.45, 2.75) is 45.8 Å². The van der Waals surface area contributed by atoms with E-state index in [1.165, 1.54) is 24.3 Å². The molecule has 0 radical (unpaired) electrons. The minimum Gasteiger partial charge on any atom is -0.484 e. The molecule has 2 aromatic rings. The average Bonchev–Trinajstić information content (AvgIpc) is 3.14. The number of ether oxygens (including phenoxy) is 1. The lowest BCUT2D eigenvalue weighted by Gasteiger charge is -2.33. The molecule has 1 saturated heterocycles. The normalized spacial score (nSPS) is 17.2. The zero-order valence-corrected chi connectivity index (χ0v) is 15.7. The van der Waals surface area contributed by atoms with Crippen LogP contribution in [0.15, 0.2) is 28.8 Å². The molecule has 27 heavy (non-hydrogen) atoms. The van der Waals surface area contributed by atoms with Crippen LogP contribution in [0.25, 0.3) is 0 Å². The third kappa shape index (κ3) is 5.18. The fraction of sp³-hybridized carbons (Fsp3) is 0.526. The molecule has 146 valence electrons. The number of hydrogen-bond donors (Lipinski definition) is 1. The number of hydrogen-bond acceptors (Lipinski definition) is 5. The van der Waals surface area contributed by atoms with E-state index in [1.807, 2.05) is 0 Å². The summed E-state index contributed by atoms with van der Waals surface area (Å²) in [5.41, 5.74) is 0. The van der Waals surface area contributed by atoms with Crippen LogP contribution in [-0.2, 0) is 6.61 Å². The maximum Gasteiger partial charge on any atom is 0.318 e. The van der Waals surface area contributed by atoms with Crippen LogP contribution in [-0.4, -0.2) is 34.2 Å². The second-order valence-electron chi connectivity index (χ2n) is 7.07. The number of rotatable bonds is 6. The Kier molecular flexibility index (Phi) is 6.26. The van der Waals surface area contributed by atoms with Gasteiger partial charge in [-0.05, 0) is 49.4 Å². The third-order valence-corrected chi connectivity index (χ3v) is 4.38. The van der Waals surface area contributed by atoms with E-state index in [-0.39, 0.29) is 24.5 Å². The first-order valence-corrected chi connectivity index (χ1v) is 9.28. The Hall–Kier alpha value is -2.64. The Bertz CT molecular complexity index is 748. The fourth-order valence-electron chi connectivity index (χ4n) is 2.97. The second-order valence-corrected chi connectivity index (χ2v) is 7.07. The summed E-state index contributed by atoms with van der Waals surface area (Å²) < 4.78 is 23.7. The van der Waals surface area contributed by atoms with Crippen molar-refractivity contribution in [3.63, 3.8) is 0 Å². The van der Waals surface area contributed by atoms with Gasteiger partial charge in [0.25, 0.3) is 5.89 Å². The van der Waals surface area contributed by atoms with Crippen LogP contribution in [0.5, 0.6) is 5.75 Å². The highest BCUT2D eigenvalue weighted by molar-refractivity contribution is 5.74. The second kappa shape index (κ2) is 8.83. The number of nitrogens with zero attached hydrogens (tertiary/aromatic N) is 3. The Morgan fingerprint density at radius 3 is 2.89 bits per heavy atom. The Morgan fingerprint density at radius 2 is 2.15 bits per heavy atom. The number of aromatic nitrogens is 2. The molecule has 3 rings (SSSR count). The summed E-state index contributed by atoms with van der Waals surface area (Å²) in [7, 11) is 0. The maximum atomic E-state index is 12.9. The summed E-state index contributed by atoms with van der Waals surface area (Å²) in [5, 5.41) is 7.00.